The molecule has 0 aliphatic carbocycles. The fourth-order valence-corrected chi connectivity index (χ4v) is 3.38. The lowest BCUT2D eigenvalue weighted by atomic mass is 9.85. The van der Waals surface area contributed by atoms with E-state index in [2.05, 4.69) is 11.4 Å². The molecular formula is C17H17ClFNO. The number of hydrogen-bond acceptors (Lipinski definition) is 2. The number of nitrogens with one attached hydrogen (secondary N) is 1. The largest absolute Gasteiger partial charge is 0.371 e. The van der Waals surface area contributed by atoms with Crippen molar-refractivity contribution < 1.29 is 9.13 Å². The lowest BCUT2D eigenvalue weighted by molar-refractivity contribution is 0.0302. The molecule has 2 aliphatic heterocycles. The van der Waals surface area contributed by atoms with Crippen molar-refractivity contribution in [3.05, 3.63) is 59.4 Å². The summed E-state index contributed by atoms with van der Waals surface area (Å²) in [5, 5.41) is 3.38. The first-order valence-corrected chi connectivity index (χ1v) is 7.03. The van der Waals surface area contributed by atoms with Crippen LogP contribution in [0.2, 0.25) is 0 Å². The van der Waals surface area contributed by atoms with Gasteiger partial charge in [-0.2, -0.15) is 0 Å². The van der Waals surface area contributed by atoms with Crippen molar-refractivity contribution in [2.45, 2.75) is 18.6 Å². The van der Waals surface area contributed by atoms with Crippen LogP contribution in [0.5, 0.6) is 0 Å². The average molecular weight is 306 g/mol. The second-order valence-electron chi connectivity index (χ2n) is 5.47. The van der Waals surface area contributed by atoms with E-state index in [4.69, 9.17) is 4.74 Å². The molecule has 2 nitrogen and oxygen atoms in total. The van der Waals surface area contributed by atoms with Crippen LogP contribution >= 0.6 is 12.4 Å². The minimum atomic E-state index is -0.174. The number of halogens is 2. The number of rotatable bonds is 1. The van der Waals surface area contributed by atoms with E-state index in [1.165, 1.54) is 11.6 Å². The fourth-order valence-electron chi connectivity index (χ4n) is 3.38. The van der Waals surface area contributed by atoms with E-state index in [0.717, 1.165) is 24.2 Å². The van der Waals surface area contributed by atoms with E-state index in [9.17, 15) is 4.39 Å². The molecule has 2 atom stereocenters. The van der Waals surface area contributed by atoms with Crippen LogP contribution in [0.3, 0.4) is 0 Å². The van der Waals surface area contributed by atoms with Gasteiger partial charge in [0, 0.05) is 24.6 Å². The summed E-state index contributed by atoms with van der Waals surface area (Å²) in [5.41, 5.74) is 4.08. The molecule has 0 aromatic heterocycles. The third-order valence-electron chi connectivity index (χ3n) is 4.38. The highest BCUT2D eigenvalue weighted by Crippen LogP contribution is 2.38. The Bertz CT molecular complexity index is 661. The molecule has 2 unspecified atom stereocenters. The highest BCUT2D eigenvalue weighted by atomic mass is 35.5. The van der Waals surface area contributed by atoms with Gasteiger partial charge < -0.3 is 10.1 Å². The minimum Gasteiger partial charge on any atom is -0.371 e. The summed E-state index contributed by atoms with van der Waals surface area (Å²) >= 11 is 0. The average Bonchev–Trinajstić information content (AvgIpc) is 2.96. The third-order valence-corrected chi connectivity index (χ3v) is 4.38. The van der Waals surface area contributed by atoms with Crippen molar-refractivity contribution >= 4 is 12.4 Å². The number of ether oxygens (including phenoxy) is 1. The van der Waals surface area contributed by atoms with Crippen molar-refractivity contribution in [2.75, 3.05) is 13.1 Å². The highest BCUT2D eigenvalue weighted by Gasteiger charge is 2.35. The highest BCUT2D eigenvalue weighted by molar-refractivity contribution is 5.85. The predicted octanol–water partition coefficient (Wildman–Crippen LogP) is 3.50. The summed E-state index contributed by atoms with van der Waals surface area (Å²) in [6.07, 6.45) is 0.262. The van der Waals surface area contributed by atoms with E-state index in [-0.39, 0.29) is 24.3 Å². The monoisotopic (exact) mass is 305 g/mol. The maximum absolute atomic E-state index is 14.1. The first-order valence-electron chi connectivity index (χ1n) is 7.03. The zero-order chi connectivity index (χ0) is 13.5. The second kappa shape index (κ2) is 5.76. The van der Waals surface area contributed by atoms with Gasteiger partial charge in [-0.25, -0.2) is 4.39 Å². The normalized spacial score (nSPS) is 23.1. The Morgan fingerprint density at radius 2 is 1.81 bits per heavy atom. The summed E-state index contributed by atoms with van der Waals surface area (Å²) < 4.78 is 20.0. The van der Waals surface area contributed by atoms with Gasteiger partial charge in [-0.05, 0) is 22.8 Å². The molecule has 1 saturated heterocycles. The molecule has 0 radical (unpaired) electrons. The van der Waals surface area contributed by atoms with Crippen LogP contribution in [0.15, 0.2) is 42.5 Å². The van der Waals surface area contributed by atoms with Gasteiger partial charge in [0.15, 0.2) is 0 Å². The minimum absolute atomic E-state index is 0. The lowest BCUT2D eigenvalue weighted by Crippen LogP contribution is -2.27. The summed E-state index contributed by atoms with van der Waals surface area (Å²) in [6, 6.07) is 13.1. The Balaban J connectivity index is 0.00000132. The molecule has 0 amide bonds. The van der Waals surface area contributed by atoms with Crippen molar-refractivity contribution in [2.24, 2.45) is 0 Å². The zero-order valence-electron chi connectivity index (χ0n) is 11.5. The molecule has 4 rings (SSSR count). The number of benzene rings is 2. The van der Waals surface area contributed by atoms with E-state index in [1.54, 1.807) is 6.07 Å². The van der Waals surface area contributed by atoms with Gasteiger partial charge >= 0.3 is 0 Å². The molecule has 2 aromatic rings. The molecule has 0 spiro atoms. The van der Waals surface area contributed by atoms with Crippen LogP contribution in [0.25, 0.3) is 11.1 Å². The first kappa shape index (κ1) is 14.5. The third kappa shape index (κ3) is 2.35. The van der Waals surface area contributed by atoms with Crippen LogP contribution < -0.4 is 5.32 Å². The molecule has 2 heterocycles. The molecule has 21 heavy (non-hydrogen) atoms. The quantitative estimate of drug-likeness (QED) is 0.870. The molecule has 2 aromatic carbocycles. The molecule has 0 saturated carbocycles. The number of fused-ring (bicyclic) bond motifs is 3. The van der Waals surface area contributed by atoms with Crippen molar-refractivity contribution in [1.82, 2.24) is 5.32 Å². The molecule has 0 bridgehead atoms. The van der Waals surface area contributed by atoms with Crippen LogP contribution in [0, 0.1) is 5.82 Å². The van der Waals surface area contributed by atoms with E-state index < -0.39 is 0 Å². The molecular weight excluding hydrogens is 289 g/mol. The first-order chi connectivity index (χ1) is 9.84. The van der Waals surface area contributed by atoms with Crippen molar-refractivity contribution in [1.29, 1.82) is 0 Å². The van der Waals surface area contributed by atoms with E-state index in [1.807, 2.05) is 24.3 Å². The van der Waals surface area contributed by atoms with Crippen LogP contribution in [0.1, 0.15) is 17.0 Å². The van der Waals surface area contributed by atoms with E-state index in [0.29, 0.717) is 18.1 Å². The van der Waals surface area contributed by atoms with Crippen molar-refractivity contribution in [3.63, 3.8) is 0 Å². The maximum atomic E-state index is 14.1. The Labute approximate surface area is 129 Å². The fraction of sp³-hybridized carbons (Fsp3) is 0.294. The van der Waals surface area contributed by atoms with Crippen molar-refractivity contribution in [3.8, 4) is 11.1 Å². The zero-order valence-corrected chi connectivity index (χ0v) is 12.3. The van der Waals surface area contributed by atoms with Gasteiger partial charge in [-0.1, -0.05) is 36.4 Å². The Morgan fingerprint density at radius 3 is 2.67 bits per heavy atom. The summed E-state index contributed by atoms with van der Waals surface area (Å²) in [4.78, 5) is 0. The Kier molecular flexibility index (Phi) is 3.98. The second-order valence-corrected chi connectivity index (χ2v) is 5.47. The van der Waals surface area contributed by atoms with Gasteiger partial charge in [-0.3, -0.25) is 0 Å². The summed E-state index contributed by atoms with van der Waals surface area (Å²) in [7, 11) is 0. The number of hydrogen-bond donors (Lipinski definition) is 1. The summed E-state index contributed by atoms with van der Waals surface area (Å²) in [5.74, 6) is 0.220. The van der Waals surface area contributed by atoms with E-state index >= 15 is 0 Å². The Hall–Kier alpha value is -1.42. The molecule has 4 heteroatoms. The standard InChI is InChI=1S/C17H16FNO.ClH/c18-16-7-2-1-4-13(16)11-5-3-6-12-14-8-19-9-17(14)20-10-15(11)12;/h1-7,14,17,19H,8-10H2;1H. The SMILES string of the molecule is Cl.Fc1ccccc1-c1cccc2c1COC1CNCC21. The lowest BCUT2D eigenvalue weighted by Gasteiger charge is -2.29. The summed E-state index contributed by atoms with van der Waals surface area (Å²) in [6.45, 7) is 2.43. The molecule has 2 aliphatic rings. The molecule has 1 fully saturated rings. The molecule has 110 valence electrons. The van der Waals surface area contributed by atoms with Gasteiger partial charge in [0.05, 0.1) is 12.7 Å². The smallest absolute Gasteiger partial charge is 0.131 e. The van der Waals surface area contributed by atoms with Crippen LogP contribution in [0.4, 0.5) is 4.39 Å². The van der Waals surface area contributed by atoms with Gasteiger partial charge in [-0.15, -0.1) is 12.4 Å². The maximum Gasteiger partial charge on any atom is 0.131 e. The van der Waals surface area contributed by atoms with Gasteiger partial charge in [0.25, 0.3) is 0 Å². The van der Waals surface area contributed by atoms with Gasteiger partial charge in [0.2, 0.25) is 0 Å². The van der Waals surface area contributed by atoms with Gasteiger partial charge in [0.1, 0.15) is 5.82 Å². The van der Waals surface area contributed by atoms with Crippen LogP contribution in [-0.2, 0) is 11.3 Å². The van der Waals surface area contributed by atoms with Crippen LogP contribution in [-0.4, -0.2) is 19.2 Å². The molecule has 1 N–H and O–H groups in total. The Morgan fingerprint density at radius 1 is 1.00 bits per heavy atom. The predicted molar refractivity (Wildman–Crippen MR) is 83.3 cm³/mol. The topological polar surface area (TPSA) is 21.3 Å².